The van der Waals surface area contributed by atoms with Gasteiger partial charge in [-0.05, 0) is 42.3 Å². The van der Waals surface area contributed by atoms with Crippen molar-refractivity contribution < 1.29 is 14.1 Å². The summed E-state index contributed by atoms with van der Waals surface area (Å²) in [5.41, 5.74) is 2.31. The van der Waals surface area contributed by atoms with Gasteiger partial charge in [-0.3, -0.25) is 19.5 Å². The number of hydrogen-bond donors (Lipinski definition) is 1. The summed E-state index contributed by atoms with van der Waals surface area (Å²) in [6.07, 6.45) is 0. The molecule has 4 rings (SSSR count). The number of nitrogens with zero attached hydrogens (tertiary/aromatic N) is 4. The van der Waals surface area contributed by atoms with Crippen LogP contribution in [0.15, 0.2) is 78.0 Å². The Morgan fingerprint density at radius 1 is 1.06 bits per heavy atom. The number of thioether (sulfide) groups is 1. The van der Waals surface area contributed by atoms with Crippen molar-refractivity contribution in [3.8, 4) is 11.4 Å². The summed E-state index contributed by atoms with van der Waals surface area (Å²) < 4.78 is 15.3. The van der Waals surface area contributed by atoms with Crippen molar-refractivity contribution in [2.24, 2.45) is 0 Å². The molecule has 0 saturated carbocycles. The molecule has 0 spiro atoms. The number of amides is 1. The van der Waals surface area contributed by atoms with Crippen molar-refractivity contribution in [3.05, 3.63) is 99.9 Å². The highest BCUT2D eigenvalue weighted by molar-refractivity contribution is 7.99. The predicted molar refractivity (Wildman–Crippen MR) is 128 cm³/mol. The van der Waals surface area contributed by atoms with E-state index in [-0.39, 0.29) is 22.9 Å². The van der Waals surface area contributed by atoms with Crippen LogP contribution in [0.5, 0.6) is 0 Å². The van der Waals surface area contributed by atoms with Gasteiger partial charge in [0, 0.05) is 11.6 Å². The van der Waals surface area contributed by atoms with Gasteiger partial charge >= 0.3 is 0 Å². The number of anilines is 1. The van der Waals surface area contributed by atoms with Crippen molar-refractivity contribution in [3.63, 3.8) is 0 Å². The van der Waals surface area contributed by atoms with Crippen LogP contribution in [-0.2, 0) is 11.3 Å². The van der Waals surface area contributed by atoms with Crippen LogP contribution >= 0.6 is 11.8 Å². The van der Waals surface area contributed by atoms with Crippen molar-refractivity contribution in [1.29, 1.82) is 0 Å². The molecule has 0 bridgehead atoms. The first-order chi connectivity index (χ1) is 16.4. The number of nitro benzene ring substituents is 1. The van der Waals surface area contributed by atoms with Gasteiger partial charge in [-0.2, -0.15) is 0 Å². The van der Waals surface area contributed by atoms with E-state index in [1.807, 2.05) is 34.9 Å². The van der Waals surface area contributed by atoms with E-state index < -0.39 is 10.8 Å². The molecule has 172 valence electrons. The highest BCUT2D eigenvalue weighted by atomic mass is 32.2. The second-order valence-electron chi connectivity index (χ2n) is 7.45. The molecule has 0 unspecified atom stereocenters. The molecule has 10 heteroatoms. The fourth-order valence-electron chi connectivity index (χ4n) is 3.39. The summed E-state index contributed by atoms with van der Waals surface area (Å²) in [6, 6.07) is 20.3. The quantitative estimate of drug-likeness (QED) is 0.216. The normalized spacial score (nSPS) is 10.8. The third-order valence-corrected chi connectivity index (χ3v) is 6.01. The number of para-hydroxylation sites is 1. The molecule has 0 atom stereocenters. The standard InChI is InChI=1S/C24H20FN5O3S/c1-16-6-5-9-20(30(32)33)22(16)26-21(31)15-34-24-28-27-23(18-10-12-19(25)13-11-18)29(24)14-17-7-3-2-4-8-17/h2-13H,14-15H2,1H3,(H,26,31). The third-order valence-electron chi connectivity index (χ3n) is 5.05. The Kier molecular flexibility index (Phi) is 6.98. The summed E-state index contributed by atoms with van der Waals surface area (Å²) in [5, 5.41) is 23.0. The summed E-state index contributed by atoms with van der Waals surface area (Å²) >= 11 is 1.17. The van der Waals surface area contributed by atoms with E-state index in [1.165, 1.54) is 30.0 Å². The molecular weight excluding hydrogens is 457 g/mol. The van der Waals surface area contributed by atoms with Crippen LogP contribution in [0.25, 0.3) is 11.4 Å². The average molecular weight is 478 g/mol. The lowest BCUT2D eigenvalue weighted by Crippen LogP contribution is -2.16. The fraction of sp³-hybridized carbons (Fsp3) is 0.125. The summed E-state index contributed by atoms with van der Waals surface area (Å²) in [5.74, 6) is -0.238. The first-order valence-electron chi connectivity index (χ1n) is 10.3. The van der Waals surface area contributed by atoms with Crippen molar-refractivity contribution in [2.75, 3.05) is 11.1 Å². The summed E-state index contributed by atoms with van der Waals surface area (Å²) in [6.45, 7) is 2.15. The molecule has 1 heterocycles. The molecule has 0 aliphatic rings. The van der Waals surface area contributed by atoms with Gasteiger partial charge in [-0.1, -0.05) is 54.2 Å². The first kappa shape index (κ1) is 23.1. The maximum Gasteiger partial charge on any atom is 0.293 e. The molecule has 1 N–H and O–H groups in total. The summed E-state index contributed by atoms with van der Waals surface area (Å²) in [7, 11) is 0. The van der Waals surface area contributed by atoms with Crippen LogP contribution in [0.3, 0.4) is 0 Å². The highest BCUT2D eigenvalue weighted by Gasteiger charge is 2.20. The lowest BCUT2D eigenvalue weighted by molar-refractivity contribution is -0.384. The number of aryl methyl sites for hydroxylation is 1. The van der Waals surface area contributed by atoms with Crippen LogP contribution in [0.2, 0.25) is 0 Å². The van der Waals surface area contributed by atoms with E-state index in [4.69, 9.17) is 0 Å². The average Bonchev–Trinajstić information content (AvgIpc) is 3.22. The topological polar surface area (TPSA) is 103 Å². The number of carbonyl (C=O) groups excluding carboxylic acids is 1. The van der Waals surface area contributed by atoms with Gasteiger partial charge in [0.15, 0.2) is 11.0 Å². The number of carbonyl (C=O) groups is 1. The van der Waals surface area contributed by atoms with Gasteiger partial charge in [-0.15, -0.1) is 10.2 Å². The van der Waals surface area contributed by atoms with Crippen LogP contribution in [0.4, 0.5) is 15.8 Å². The zero-order valence-corrected chi connectivity index (χ0v) is 19.0. The molecule has 4 aromatic rings. The van der Waals surface area contributed by atoms with Crippen molar-refractivity contribution in [2.45, 2.75) is 18.6 Å². The molecule has 8 nitrogen and oxygen atoms in total. The number of nitro groups is 1. The SMILES string of the molecule is Cc1cccc([N+](=O)[O-])c1NC(=O)CSc1nnc(-c2ccc(F)cc2)n1Cc1ccccc1. The fourth-order valence-corrected chi connectivity index (χ4v) is 4.13. The van der Waals surface area contributed by atoms with Gasteiger partial charge in [-0.25, -0.2) is 4.39 Å². The number of rotatable bonds is 8. The highest BCUT2D eigenvalue weighted by Crippen LogP contribution is 2.29. The van der Waals surface area contributed by atoms with Crippen molar-refractivity contribution in [1.82, 2.24) is 14.8 Å². The lowest BCUT2D eigenvalue weighted by atomic mass is 10.1. The van der Waals surface area contributed by atoms with E-state index in [2.05, 4.69) is 15.5 Å². The van der Waals surface area contributed by atoms with Crippen LogP contribution in [-0.4, -0.2) is 31.3 Å². The summed E-state index contributed by atoms with van der Waals surface area (Å²) in [4.78, 5) is 23.4. The molecule has 1 aromatic heterocycles. The molecule has 3 aromatic carbocycles. The van der Waals surface area contributed by atoms with Crippen LogP contribution < -0.4 is 5.32 Å². The van der Waals surface area contributed by atoms with E-state index in [0.717, 1.165) is 5.56 Å². The second-order valence-corrected chi connectivity index (χ2v) is 8.39. The minimum absolute atomic E-state index is 0.0260. The van der Waals surface area contributed by atoms with Gasteiger partial charge in [0.1, 0.15) is 11.5 Å². The molecular formula is C24H20FN5O3S. The number of hydrogen-bond acceptors (Lipinski definition) is 6. The molecule has 34 heavy (non-hydrogen) atoms. The number of benzene rings is 3. The number of aromatic nitrogens is 3. The zero-order valence-electron chi connectivity index (χ0n) is 18.1. The van der Waals surface area contributed by atoms with E-state index >= 15 is 0 Å². The van der Waals surface area contributed by atoms with Gasteiger partial charge in [0.05, 0.1) is 17.2 Å². The monoisotopic (exact) mass is 477 g/mol. The predicted octanol–water partition coefficient (Wildman–Crippen LogP) is 5.08. The molecule has 0 saturated heterocycles. The molecule has 1 amide bonds. The Bertz CT molecular complexity index is 1330. The Morgan fingerprint density at radius 2 is 1.79 bits per heavy atom. The van der Waals surface area contributed by atoms with Gasteiger partial charge < -0.3 is 5.32 Å². The number of nitrogens with one attached hydrogen (secondary N) is 1. The van der Waals surface area contributed by atoms with Crippen LogP contribution in [0, 0.1) is 22.9 Å². The zero-order chi connectivity index (χ0) is 24.1. The Balaban J connectivity index is 1.57. The van der Waals surface area contributed by atoms with E-state index in [1.54, 1.807) is 31.2 Å². The molecule has 0 aliphatic heterocycles. The number of halogens is 1. The first-order valence-corrected chi connectivity index (χ1v) is 11.3. The molecule has 0 aliphatic carbocycles. The molecule has 0 fully saturated rings. The Morgan fingerprint density at radius 3 is 2.50 bits per heavy atom. The van der Waals surface area contributed by atoms with E-state index in [0.29, 0.717) is 28.7 Å². The smallest absolute Gasteiger partial charge is 0.293 e. The Hall–Kier alpha value is -4.05. The van der Waals surface area contributed by atoms with Crippen molar-refractivity contribution >= 4 is 29.0 Å². The largest absolute Gasteiger partial charge is 0.319 e. The third kappa shape index (κ3) is 5.29. The van der Waals surface area contributed by atoms with Gasteiger partial charge in [0.2, 0.25) is 5.91 Å². The maximum atomic E-state index is 13.4. The van der Waals surface area contributed by atoms with Crippen LogP contribution in [0.1, 0.15) is 11.1 Å². The Labute approximate surface area is 199 Å². The minimum Gasteiger partial charge on any atom is -0.319 e. The lowest BCUT2D eigenvalue weighted by Gasteiger charge is -2.11. The second kappa shape index (κ2) is 10.3. The maximum absolute atomic E-state index is 13.4. The minimum atomic E-state index is -0.527. The van der Waals surface area contributed by atoms with E-state index in [9.17, 15) is 19.3 Å². The molecule has 0 radical (unpaired) electrons. The van der Waals surface area contributed by atoms with Gasteiger partial charge in [0.25, 0.3) is 5.69 Å².